The van der Waals surface area contributed by atoms with E-state index >= 15 is 0 Å². The third kappa shape index (κ3) is 10.4. The molecule has 158 valence electrons. The van der Waals surface area contributed by atoms with Crippen molar-refractivity contribution in [3.05, 3.63) is 70.8 Å². The van der Waals surface area contributed by atoms with Crippen molar-refractivity contribution >= 4 is 0 Å². The molecule has 0 fully saturated rings. The molecule has 0 aliphatic heterocycles. The second-order valence-electron chi connectivity index (χ2n) is 8.15. The molecule has 0 spiro atoms. The molecule has 0 atom stereocenters. The van der Waals surface area contributed by atoms with Crippen molar-refractivity contribution in [2.75, 3.05) is 0 Å². The van der Waals surface area contributed by atoms with Crippen molar-refractivity contribution in [2.45, 2.75) is 90.9 Å². The Bertz CT molecular complexity index is 816. The summed E-state index contributed by atoms with van der Waals surface area (Å²) in [4.78, 5) is 0. The van der Waals surface area contributed by atoms with Crippen LogP contribution in [-0.2, 0) is 6.42 Å². The Balaban J connectivity index is 1.76. The largest absolute Gasteiger partial charge is 0.0979 e. The standard InChI is InChI=1S/C30H38/c1-3-5-7-9-11-13-15-27-17-21-29(22-18-27)25-26-30-23-19-28(20-24-30)16-14-12-10-8-6-4-2/h17-24H,3-13,15H2,1-2H3. The van der Waals surface area contributed by atoms with Crippen LogP contribution in [-0.4, -0.2) is 0 Å². The van der Waals surface area contributed by atoms with Gasteiger partial charge in [0.1, 0.15) is 0 Å². The maximum atomic E-state index is 3.28. The fourth-order valence-electron chi connectivity index (χ4n) is 3.45. The van der Waals surface area contributed by atoms with Gasteiger partial charge in [0, 0.05) is 23.1 Å². The molecule has 0 radical (unpaired) electrons. The molecular formula is C30H38. The number of benzene rings is 2. The van der Waals surface area contributed by atoms with E-state index in [9.17, 15) is 0 Å². The topological polar surface area (TPSA) is 0 Å². The number of aryl methyl sites for hydroxylation is 1. The summed E-state index contributed by atoms with van der Waals surface area (Å²) in [6.07, 6.45) is 15.4. The monoisotopic (exact) mass is 398 g/mol. The second kappa shape index (κ2) is 15.4. The molecule has 0 aliphatic carbocycles. The Morgan fingerprint density at radius 3 is 1.57 bits per heavy atom. The molecule has 0 nitrogen and oxygen atoms in total. The molecule has 0 bridgehead atoms. The van der Waals surface area contributed by atoms with Gasteiger partial charge in [-0.05, 0) is 61.2 Å². The zero-order chi connectivity index (χ0) is 21.3. The Kier molecular flexibility index (Phi) is 12.2. The van der Waals surface area contributed by atoms with Crippen LogP contribution >= 0.6 is 0 Å². The molecule has 2 aromatic rings. The fraction of sp³-hybridized carbons (Fsp3) is 0.467. The minimum Gasteiger partial charge on any atom is -0.0979 e. The van der Waals surface area contributed by atoms with Gasteiger partial charge in [-0.15, -0.1) is 0 Å². The minimum absolute atomic E-state index is 0.996. The molecule has 0 heterocycles. The molecule has 0 heteroatoms. The number of rotatable bonds is 11. The number of unbranched alkanes of at least 4 members (excludes halogenated alkanes) is 9. The van der Waals surface area contributed by atoms with Crippen LogP contribution in [0, 0.1) is 23.7 Å². The van der Waals surface area contributed by atoms with Crippen LogP contribution < -0.4 is 0 Å². The van der Waals surface area contributed by atoms with E-state index in [1.807, 2.05) is 0 Å². The lowest BCUT2D eigenvalue weighted by atomic mass is 10.0. The first-order valence-corrected chi connectivity index (χ1v) is 12.0. The molecule has 0 saturated heterocycles. The molecular weight excluding hydrogens is 360 g/mol. The predicted octanol–water partition coefficient (Wildman–Crippen LogP) is 8.31. The zero-order valence-electron chi connectivity index (χ0n) is 19.1. The van der Waals surface area contributed by atoms with Crippen molar-refractivity contribution in [1.82, 2.24) is 0 Å². The molecule has 0 aliphatic rings. The fourth-order valence-corrected chi connectivity index (χ4v) is 3.45. The summed E-state index contributed by atoms with van der Waals surface area (Å²) in [5, 5.41) is 0. The quantitative estimate of drug-likeness (QED) is 0.264. The highest BCUT2D eigenvalue weighted by Gasteiger charge is 1.95. The second-order valence-corrected chi connectivity index (χ2v) is 8.15. The van der Waals surface area contributed by atoms with E-state index in [0.29, 0.717) is 0 Å². The van der Waals surface area contributed by atoms with Gasteiger partial charge in [-0.1, -0.05) is 101 Å². The van der Waals surface area contributed by atoms with Gasteiger partial charge in [0.25, 0.3) is 0 Å². The van der Waals surface area contributed by atoms with Gasteiger partial charge in [0.15, 0.2) is 0 Å². The van der Waals surface area contributed by atoms with Crippen molar-refractivity contribution in [3.63, 3.8) is 0 Å². The number of hydrogen-bond donors (Lipinski definition) is 0. The van der Waals surface area contributed by atoms with E-state index in [-0.39, 0.29) is 0 Å². The summed E-state index contributed by atoms with van der Waals surface area (Å²) in [5.74, 6) is 13.1. The Hall–Kier alpha value is -2.44. The van der Waals surface area contributed by atoms with Crippen LogP contribution in [0.25, 0.3) is 0 Å². The first kappa shape index (κ1) is 23.8. The van der Waals surface area contributed by atoms with Gasteiger partial charge in [-0.25, -0.2) is 0 Å². The maximum Gasteiger partial charge on any atom is 0.0249 e. The molecule has 0 N–H and O–H groups in total. The Morgan fingerprint density at radius 1 is 0.500 bits per heavy atom. The van der Waals surface area contributed by atoms with Crippen molar-refractivity contribution < 1.29 is 0 Å². The molecule has 2 aromatic carbocycles. The van der Waals surface area contributed by atoms with Crippen LogP contribution in [0.4, 0.5) is 0 Å². The Labute approximate surface area is 185 Å². The van der Waals surface area contributed by atoms with Gasteiger partial charge in [-0.2, -0.15) is 0 Å². The maximum absolute atomic E-state index is 3.28. The molecule has 30 heavy (non-hydrogen) atoms. The number of hydrogen-bond acceptors (Lipinski definition) is 0. The SMILES string of the molecule is CCCCCCC#Cc1ccc(C#Cc2ccc(CCCCCCCC)cc2)cc1. The van der Waals surface area contributed by atoms with E-state index in [2.05, 4.69) is 86.1 Å². The molecule has 0 aromatic heterocycles. The smallest absolute Gasteiger partial charge is 0.0249 e. The predicted molar refractivity (Wildman–Crippen MR) is 132 cm³/mol. The van der Waals surface area contributed by atoms with Crippen molar-refractivity contribution in [3.8, 4) is 23.7 Å². The van der Waals surface area contributed by atoms with Crippen LogP contribution in [0.2, 0.25) is 0 Å². The molecule has 0 amide bonds. The van der Waals surface area contributed by atoms with Crippen molar-refractivity contribution in [1.29, 1.82) is 0 Å². The Morgan fingerprint density at radius 2 is 0.967 bits per heavy atom. The van der Waals surface area contributed by atoms with Crippen molar-refractivity contribution in [2.24, 2.45) is 0 Å². The third-order valence-corrected chi connectivity index (χ3v) is 5.40. The van der Waals surface area contributed by atoms with Crippen LogP contribution in [0.3, 0.4) is 0 Å². The molecule has 2 rings (SSSR count). The van der Waals surface area contributed by atoms with E-state index in [4.69, 9.17) is 0 Å². The average molecular weight is 399 g/mol. The normalized spacial score (nSPS) is 10.1. The summed E-state index contributed by atoms with van der Waals surface area (Å²) in [5.41, 5.74) is 4.63. The van der Waals surface area contributed by atoms with Gasteiger partial charge in [-0.3, -0.25) is 0 Å². The van der Waals surface area contributed by atoms with E-state index < -0.39 is 0 Å². The molecule has 0 saturated carbocycles. The highest BCUT2D eigenvalue weighted by Crippen LogP contribution is 2.11. The van der Waals surface area contributed by atoms with Gasteiger partial charge >= 0.3 is 0 Å². The van der Waals surface area contributed by atoms with E-state index in [1.54, 1.807) is 0 Å². The first-order valence-electron chi connectivity index (χ1n) is 12.0. The van der Waals surface area contributed by atoms with Gasteiger partial charge in [0.2, 0.25) is 0 Å². The lowest BCUT2D eigenvalue weighted by Crippen LogP contribution is -1.87. The van der Waals surface area contributed by atoms with Crippen LogP contribution in [0.5, 0.6) is 0 Å². The third-order valence-electron chi connectivity index (χ3n) is 5.40. The lowest BCUT2D eigenvalue weighted by Gasteiger charge is -2.02. The summed E-state index contributed by atoms with van der Waals surface area (Å²) >= 11 is 0. The zero-order valence-corrected chi connectivity index (χ0v) is 19.1. The highest BCUT2D eigenvalue weighted by molar-refractivity contribution is 5.46. The van der Waals surface area contributed by atoms with E-state index in [0.717, 1.165) is 23.1 Å². The summed E-state index contributed by atoms with van der Waals surface area (Å²) in [6.45, 7) is 4.51. The summed E-state index contributed by atoms with van der Waals surface area (Å²) in [6, 6.07) is 17.1. The van der Waals surface area contributed by atoms with Gasteiger partial charge in [0.05, 0.1) is 0 Å². The van der Waals surface area contributed by atoms with Gasteiger partial charge < -0.3 is 0 Å². The first-order chi connectivity index (χ1) is 14.8. The summed E-state index contributed by atoms with van der Waals surface area (Å²) < 4.78 is 0. The summed E-state index contributed by atoms with van der Waals surface area (Å²) in [7, 11) is 0. The van der Waals surface area contributed by atoms with E-state index in [1.165, 1.54) is 76.2 Å². The average Bonchev–Trinajstić information content (AvgIpc) is 2.79. The lowest BCUT2D eigenvalue weighted by molar-refractivity contribution is 0.607. The van der Waals surface area contributed by atoms with Crippen LogP contribution in [0.1, 0.15) is 107 Å². The van der Waals surface area contributed by atoms with Crippen LogP contribution in [0.15, 0.2) is 48.5 Å². The molecule has 0 unspecified atom stereocenters. The minimum atomic E-state index is 0.996. The highest BCUT2D eigenvalue weighted by atomic mass is 14.0.